The largest absolute Gasteiger partial charge is 0.328 e. The molecule has 5 rings (SSSR count). The van der Waals surface area contributed by atoms with Crippen molar-refractivity contribution in [3.63, 3.8) is 0 Å². The number of anilines is 1. The number of para-hydroxylation sites is 1. The molecule has 0 bridgehead atoms. The quantitative estimate of drug-likeness (QED) is 0.710. The molecule has 8 nitrogen and oxygen atoms in total. The normalized spacial score (nSPS) is 21.8. The second-order valence-electron chi connectivity index (χ2n) is 8.41. The summed E-state index contributed by atoms with van der Waals surface area (Å²) in [6.45, 7) is 3.23. The Morgan fingerprint density at radius 1 is 1.03 bits per heavy atom. The van der Waals surface area contributed by atoms with E-state index >= 15 is 0 Å². The topological polar surface area (TPSA) is 76.5 Å². The van der Waals surface area contributed by atoms with Crippen LogP contribution in [0.1, 0.15) is 25.0 Å². The summed E-state index contributed by atoms with van der Waals surface area (Å²) in [6.07, 6.45) is 2.10. The molecule has 0 aliphatic carbocycles. The predicted octanol–water partition coefficient (Wildman–Crippen LogP) is 2.92. The van der Waals surface area contributed by atoms with E-state index in [1.54, 1.807) is 7.05 Å². The Hall–Kier alpha value is -3.94. The van der Waals surface area contributed by atoms with Crippen LogP contribution >= 0.6 is 0 Å². The number of amides is 3. The first-order valence-corrected chi connectivity index (χ1v) is 11.0. The number of likely N-dealkylation sites (N-methyl/N-ethyl adjacent to an activating group) is 1. The lowest BCUT2D eigenvalue weighted by molar-refractivity contribution is -0.139. The smallest absolute Gasteiger partial charge is 0.302 e. The first-order valence-electron chi connectivity index (χ1n) is 11.0. The summed E-state index contributed by atoms with van der Waals surface area (Å²) < 4.78 is 0. The minimum absolute atomic E-state index is 0.244. The number of aliphatic imine (C=N–C) groups is 1. The monoisotopic (exact) mass is 443 g/mol. The van der Waals surface area contributed by atoms with Gasteiger partial charge in [0, 0.05) is 18.8 Å². The fourth-order valence-corrected chi connectivity index (χ4v) is 4.68. The second kappa shape index (κ2) is 7.88. The minimum atomic E-state index is -0.723. The molecule has 1 fully saturated rings. The van der Waals surface area contributed by atoms with Crippen LogP contribution in [-0.2, 0) is 16.0 Å². The van der Waals surface area contributed by atoms with Crippen molar-refractivity contribution < 1.29 is 14.4 Å². The van der Waals surface area contributed by atoms with Crippen molar-refractivity contribution in [2.24, 2.45) is 4.99 Å². The molecule has 1 saturated heterocycles. The number of ketones is 1. The number of carbonyl (C=O) groups excluding carboxylic acids is 3. The summed E-state index contributed by atoms with van der Waals surface area (Å²) in [5, 5.41) is 0. The van der Waals surface area contributed by atoms with Crippen LogP contribution in [0.15, 0.2) is 65.8 Å². The maximum absolute atomic E-state index is 13.4. The van der Waals surface area contributed by atoms with Crippen LogP contribution in [-0.4, -0.2) is 64.2 Å². The lowest BCUT2D eigenvalue weighted by Crippen LogP contribution is -2.64. The molecule has 0 saturated carbocycles. The standard InChI is InChI=1S/C25H25N5O3/c1-4-17-10-8-9-13-19(17)30-20(18-11-6-5-7-12-18)15-28-21-22(26-24(28)30)27(3)25(33)29(23(21)32)14-16(2)31/h5-13,15,21-22H,4,14H2,1-3H3. The number of urea groups is 1. The molecule has 8 heteroatoms. The summed E-state index contributed by atoms with van der Waals surface area (Å²) in [5.74, 6) is -0.0584. The Kier molecular flexibility index (Phi) is 5.00. The predicted molar refractivity (Wildman–Crippen MR) is 125 cm³/mol. The van der Waals surface area contributed by atoms with Gasteiger partial charge in [-0.1, -0.05) is 55.5 Å². The van der Waals surface area contributed by atoms with Crippen molar-refractivity contribution in [3.8, 4) is 0 Å². The molecule has 2 aromatic rings. The van der Waals surface area contributed by atoms with Gasteiger partial charge in [-0.05, 0) is 25.0 Å². The zero-order valence-electron chi connectivity index (χ0n) is 18.8. The van der Waals surface area contributed by atoms with E-state index in [-0.39, 0.29) is 12.3 Å². The number of imide groups is 1. The van der Waals surface area contributed by atoms with E-state index in [2.05, 4.69) is 17.9 Å². The van der Waals surface area contributed by atoms with Crippen LogP contribution in [0.5, 0.6) is 0 Å². The number of Topliss-reactive ketones (excluding diaryl/α,β-unsaturated/α-hetero) is 1. The zero-order valence-corrected chi connectivity index (χ0v) is 18.8. The third-order valence-corrected chi connectivity index (χ3v) is 6.28. The van der Waals surface area contributed by atoms with E-state index in [1.807, 2.05) is 59.6 Å². The molecule has 2 atom stereocenters. The average molecular weight is 444 g/mol. The Bertz CT molecular complexity index is 1210. The first kappa shape index (κ1) is 20.9. The van der Waals surface area contributed by atoms with Gasteiger partial charge >= 0.3 is 6.03 Å². The Balaban J connectivity index is 1.64. The van der Waals surface area contributed by atoms with Gasteiger partial charge in [-0.3, -0.25) is 24.3 Å². The van der Waals surface area contributed by atoms with E-state index in [1.165, 1.54) is 11.8 Å². The summed E-state index contributed by atoms with van der Waals surface area (Å²) in [6, 6.07) is 16.8. The maximum atomic E-state index is 13.4. The van der Waals surface area contributed by atoms with Crippen molar-refractivity contribution in [1.82, 2.24) is 14.7 Å². The number of rotatable bonds is 5. The van der Waals surface area contributed by atoms with Gasteiger partial charge in [0.15, 0.2) is 12.2 Å². The number of carbonyl (C=O) groups is 3. The number of guanidine groups is 1. The van der Waals surface area contributed by atoms with Crippen LogP contribution in [0.25, 0.3) is 5.70 Å². The van der Waals surface area contributed by atoms with E-state index in [0.717, 1.165) is 33.8 Å². The number of nitrogens with zero attached hydrogens (tertiary/aromatic N) is 5. The lowest BCUT2D eigenvalue weighted by atomic mass is 10.1. The maximum Gasteiger partial charge on any atom is 0.328 e. The third kappa shape index (κ3) is 3.21. The highest BCUT2D eigenvalue weighted by atomic mass is 16.2. The molecule has 0 aromatic heterocycles. The zero-order chi connectivity index (χ0) is 23.3. The molecule has 3 amide bonds. The fraction of sp³-hybridized carbons (Fsp3) is 0.280. The van der Waals surface area contributed by atoms with Crippen LogP contribution in [0.4, 0.5) is 10.5 Å². The van der Waals surface area contributed by atoms with Gasteiger partial charge in [0.25, 0.3) is 5.91 Å². The number of aryl methyl sites for hydroxylation is 1. The SMILES string of the molecule is CCc1ccccc1N1C(c2ccccc2)=CN2C1=NC1C2C(=O)N(CC(C)=O)C(=O)N1C. The molecule has 0 N–H and O–H groups in total. The van der Waals surface area contributed by atoms with Gasteiger partial charge in [0.05, 0.1) is 17.9 Å². The van der Waals surface area contributed by atoms with Crippen LogP contribution < -0.4 is 4.90 Å². The average Bonchev–Trinajstić information content (AvgIpc) is 3.37. The number of hydrogen-bond acceptors (Lipinski definition) is 6. The molecule has 33 heavy (non-hydrogen) atoms. The highest BCUT2D eigenvalue weighted by molar-refractivity contribution is 6.16. The van der Waals surface area contributed by atoms with E-state index in [0.29, 0.717) is 5.96 Å². The molecule has 2 aromatic carbocycles. The van der Waals surface area contributed by atoms with E-state index in [4.69, 9.17) is 4.99 Å². The lowest BCUT2D eigenvalue weighted by Gasteiger charge is -2.39. The molecular formula is C25H25N5O3. The van der Waals surface area contributed by atoms with Gasteiger partial charge in [-0.2, -0.15) is 0 Å². The van der Waals surface area contributed by atoms with Gasteiger partial charge in [0.1, 0.15) is 5.78 Å². The molecule has 0 spiro atoms. The third-order valence-electron chi connectivity index (χ3n) is 6.28. The van der Waals surface area contributed by atoms with Crippen LogP contribution in [0, 0.1) is 0 Å². The summed E-state index contributed by atoms with van der Waals surface area (Å²) >= 11 is 0. The highest BCUT2D eigenvalue weighted by Crippen LogP contribution is 2.41. The van der Waals surface area contributed by atoms with Gasteiger partial charge in [-0.25, -0.2) is 9.79 Å². The molecule has 0 radical (unpaired) electrons. The van der Waals surface area contributed by atoms with E-state index < -0.39 is 24.1 Å². The molecule has 2 unspecified atom stereocenters. The van der Waals surface area contributed by atoms with E-state index in [9.17, 15) is 14.4 Å². The van der Waals surface area contributed by atoms with Crippen molar-refractivity contribution in [2.45, 2.75) is 32.5 Å². The van der Waals surface area contributed by atoms with Crippen LogP contribution in [0.2, 0.25) is 0 Å². The summed E-state index contributed by atoms with van der Waals surface area (Å²) in [5.41, 5.74) is 4.02. The molecule has 3 aliphatic rings. The fourth-order valence-electron chi connectivity index (χ4n) is 4.68. The number of hydrogen-bond donors (Lipinski definition) is 0. The summed E-state index contributed by atoms with van der Waals surface area (Å²) in [7, 11) is 1.62. The minimum Gasteiger partial charge on any atom is -0.302 e. The Morgan fingerprint density at radius 2 is 1.73 bits per heavy atom. The molecular weight excluding hydrogens is 418 g/mol. The van der Waals surface area contributed by atoms with Crippen molar-refractivity contribution in [3.05, 3.63) is 71.9 Å². The van der Waals surface area contributed by atoms with Crippen molar-refractivity contribution in [1.29, 1.82) is 0 Å². The molecule has 3 aliphatic heterocycles. The Morgan fingerprint density at radius 3 is 2.42 bits per heavy atom. The van der Waals surface area contributed by atoms with Crippen LogP contribution in [0.3, 0.4) is 0 Å². The van der Waals surface area contributed by atoms with Crippen molar-refractivity contribution in [2.75, 3.05) is 18.5 Å². The Labute approximate surface area is 192 Å². The number of benzene rings is 2. The van der Waals surface area contributed by atoms with Gasteiger partial charge < -0.3 is 4.90 Å². The second-order valence-corrected chi connectivity index (χ2v) is 8.41. The molecule has 3 heterocycles. The van der Waals surface area contributed by atoms with Gasteiger partial charge in [-0.15, -0.1) is 0 Å². The van der Waals surface area contributed by atoms with Gasteiger partial charge in [0.2, 0.25) is 5.96 Å². The summed E-state index contributed by atoms with van der Waals surface area (Å²) in [4.78, 5) is 49.2. The van der Waals surface area contributed by atoms with Crippen molar-refractivity contribution >= 4 is 35.1 Å². The molecule has 168 valence electrons. The first-order chi connectivity index (χ1) is 15.9. The number of fused-ring (bicyclic) bond motifs is 3. The highest BCUT2D eigenvalue weighted by Gasteiger charge is 2.55.